The number of nitrogens with zero attached hydrogens (tertiary/aromatic N) is 2. The lowest BCUT2D eigenvalue weighted by Gasteiger charge is -2.22. The lowest BCUT2D eigenvalue weighted by atomic mass is 10.1. The van der Waals surface area contributed by atoms with Crippen LogP contribution in [0.3, 0.4) is 0 Å². The van der Waals surface area contributed by atoms with E-state index in [1.54, 1.807) is 20.2 Å². The Bertz CT molecular complexity index is 688. The molecule has 0 aliphatic carbocycles. The Kier molecular flexibility index (Phi) is 6.75. The predicted octanol–water partition coefficient (Wildman–Crippen LogP) is 3.18. The minimum atomic E-state index is -0.223. The normalized spacial score (nSPS) is 11.4. The molecule has 0 aliphatic heterocycles. The zero-order valence-corrected chi connectivity index (χ0v) is 14.4. The van der Waals surface area contributed by atoms with Crippen molar-refractivity contribution in [3.05, 3.63) is 71.0 Å². The number of aliphatic imine (C=N–C) groups is 1. The molecule has 0 fully saturated rings. The van der Waals surface area contributed by atoms with E-state index in [2.05, 4.69) is 22.4 Å². The smallest absolute Gasteiger partial charge is 0.193 e. The summed E-state index contributed by atoms with van der Waals surface area (Å²) in [6.07, 6.45) is 0. The van der Waals surface area contributed by atoms with Crippen LogP contribution < -0.4 is 5.32 Å². The number of benzene rings is 2. The van der Waals surface area contributed by atoms with Crippen LogP contribution in [-0.2, 0) is 24.4 Å². The molecular formula is C19H24FN3O. The molecule has 2 rings (SSSR count). The van der Waals surface area contributed by atoms with Gasteiger partial charge in [-0.2, -0.15) is 0 Å². The Balaban J connectivity index is 1.95. The van der Waals surface area contributed by atoms with Crippen LogP contribution in [0.1, 0.15) is 16.7 Å². The molecule has 0 aliphatic rings. The number of rotatable bonds is 6. The second kappa shape index (κ2) is 9.03. The minimum Gasteiger partial charge on any atom is -0.380 e. The van der Waals surface area contributed by atoms with Crippen LogP contribution in [0.2, 0.25) is 0 Å². The van der Waals surface area contributed by atoms with Crippen LogP contribution in [0, 0.1) is 5.82 Å². The zero-order valence-electron chi connectivity index (χ0n) is 14.4. The monoisotopic (exact) mass is 329 g/mol. The predicted molar refractivity (Wildman–Crippen MR) is 95.2 cm³/mol. The highest BCUT2D eigenvalue weighted by molar-refractivity contribution is 5.79. The molecule has 0 heterocycles. The van der Waals surface area contributed by atoms with Crippen LogP contribution in [0.5, 0.6) is 0 Å². The first-order valence-electron chi connectivity index (χ1n) is 7.85. The van der Waals surface area contributed by atoms with E-state index in [-0.39, 0.29) is 5.82 Å². The van der Waals surface area contributed by atoms with Gasteiger partial charge in [-0.15, -0.1) is 0 Å². The highest BCUT2D eigenvalue weighted by Crippen LogP contribution is 2.08. The van der Waals surface area contributed by atoms with Crippen molar-refractivity contribution in [2.45, 2.75) is 19.7 Å². The third-order valence-electron chi connectivity index (χ3n) is 3.64. The third kappa shape index (κ3) is 5.35. The van der Waals surface area contributed by atoms with Crippen molar-refractivity contribution in [3.8, 4) is 0 Å². The van der Waals surface area contributed by atoms with Crippen LogP contribution in [0.15, 0.2) is 53.5 Å². The summed E-state index contributed by atoms with van der Waals surface area (Å²) < 4.78 is 18.5. The van der Waals surface area contributed by atoms with E-state index in [0.717, 1.165) is 22.6 Å². The quantitative estimate of drug-likeness (QED) is 0.653. The van der Waals surface area contributed by atoms with Crippen LogP contribution in [0.4, 0.5) is 4.39 Å². The van der Waals surface area contributed by atoms with Gasteiger partial charge in [-0.25, -0.2) is 4.39 Å². The number of hydrogen-bond acceptors (Lipinski definition) is 2. The SMILES string of the molecule is CN=C(NCc1cccc(COC)c1)N(C)Cc1cccc(F)c1. The van der Waals surface area contributed by atoms with Crippen molar-refractivity contribution in [2.24, 2.45) is 4.99 Å². The second-order valence-electron chi connectivity index (χ2n) is 5.64. The summed E-state index contributed by atoms with van der Waals surface area (Å²) in [5.74, 6) is 0.537. The van der Waals surface area contributed by atoms with E-state index in [1.165, 1.54) is 12.1 Å². The average molecular weight is 329 g/mol. The molecule has 0 radical (unpaired) electrons. The maximum absolute atomic E-state index is 13.3. The molecule has 0 aromatic heterocycles. The van der Waals surface area contributed by atoms with Crippen LogP contribution in [0.25, 0.3) is 0 Å². The lowest BCUT2D eigenvalue weighted by molar-refractivity contribution is 0.185. The van der Waals surface area contributed by atoms with Gasteiger partial charge in [-0.1, -0.05) is 36.4 Å². The van der Waals surface area contributed by atoms with Gasteiger partial charge in [0.05, 0.1) is 6.61 Å². The van der Waals surface area contributed by atoms with Gasteiger partial charge in [0.1, 0.15) is 5.82 Å². The van der Waals surface area contributed by atoms with Gasteiger partial charge in [0.25, 0.3) is 0 Å². The molecule has 0 saturated heterocycles. The molecule has 0 amide bonds. The number of hydrogen-bond donors (Lipinski definition) is 1. The van der Waals surface area contributed by atoms with E-state index < -0.39 is 0 Å². The molecule has 1 N–H and O–H groups in total. The summed E-state index contributed by atoms with van der Waals surface area (Å²) in [5.41, 5.74) is 3.20. The van der Waals surface area contributed by atoms with Crippen molar-refractivity contribution >= 4 is 5.96 Å². The fraction of sp³-hybridized carbons (Fsp3) is 0.316. The van der Waals surface area contributed by atoms with Gasteiger partial charge in [0, 0.05) is 34.3 Å². The van der Waals surface area contributed by atoms with Crippen molar-refractivity contribution in [3.63, 3.8) is 0 Å². The van der Waals surface area contributed by atoms with E-state index >= 15 is 0 Å². The second-order valence-corrected chi connectivity index (χ2v) is 5.64. The summed E-state index contributed by atoms with van der Waals surface area (Å²) in [6, 6.07) is 14.8. The fourth-order valence-corrected chi connectivity index (χ4v) is 2.55. The number of ether oxygens (including phenoxy) is 1. The fourth-order valence-electron chi connectivity index (χ4n) is 2.55. The van der Waals surface area contributed by atoms with Crippen molar-refractivity contribution in [2.75, 3.05) is 21.2 Å². The highest BCUT2D eigenvalue weighted by atomic mass is 19.1. The van der Waals surface area contributed by atoms with Crippen LogP contribution >= 0.6 is 0 Å². The minimum absolute atomic E-state index is 0.223. The summed E-state index contributed by atoms with van der Waals surface area (Å²) in [6.45, 7) is 1.85. The Labute approximate surface area is 143 Å². The molecule has 2 aromatic carbocycles. The first kappa shape index (κ1) is 17.9. The first-order chi connectivity index (χ1) is 11.6. The summed E-state index contributed by atoms with van der Waals surface area (Å²) in [5, 5.41) is 3.33. The molecular weight excluding hydrogens is 305 g/mol. The Morgan fingerprint density at radius 2 is 1.83 bits per heavy atom. The maximum atomic E-state index is 13.3. The van der Waals surface area contributed by atoms with Crippen molar-refractivity contribution in [1.82, 2.24) is 10.2 Å². The molecule has 0 unspecified atom stereocenters. The Morgan fingerprint density at radius 3 is 2.54 bits per heavy atom. The summed E-state index contributed by atoms with van der Waals surface area (Å²) in [7, 11) is 5.36. The topological polar surface area (TPSA) is 36.9 Å². The van der Waals surface area contributed by atoms with Gasteiger partial charge in [-0.3, -0.25) is 4.99 Å². The van der Waals surface area contributed by atoms with E-state index in [9.17, 15) is 4.39 Å². The zero-order chi connectivity index (χ0) is 17.4. The lowest BCUT2D eigenvalue weighted by Crippen LogP contribution is -2.38. The molecule has 128 valence electrons. The maximum Gasteiger partial charge on any atom is 0.193 e. The summed E-state index contributed by atoms with van der Waals surface area (Å²) >= 11 is 0. The third-order valence-corrected chi connectivity index (χ3v) is 3.64. The molecule has 4 nitrogen and oxygen atoms in total. The van der Waals surface area contributed by atoms with E-state index in [1.807, 2.05) is 30.1 Å². The van der Waals surface area contributed by atoms with Gasteiger partial charge in [0.15, 0.2) is 5.96 Å². The number of guanidine groups is 1. The van der Waals surface area contributed by atoms with Gasteiger partial charge < -0.3 is 15.0 Å². The molecule has 0 saturated carbocycles. The Morgan fingerprint density at radius 1 is 1.12 bits per heavy atom. The number of methoxy groups -OCH3 is 1. The van der Waals surface area contributed by atoms with E-state index in [4.69, 9.17) is 4.74 Å². The standard InChI is InChI=1S/C19H24FN3O/c1-21-19(23(2)13-16-7-5-9-18(20)11-16)22-12-15-6-4-8-17(10-15)14-24-3/h4-11H,12-14H2,1-3H3,(H,21,22). The van der Waals surface area contributed by atoms with E-state index in [0.29, 0.717) is 19.7 Å². The van der Waals surface area contributed by atoms with Gasteiger partial charge >= 0.3 is 0 Å². The van der Waals surface area contributed by atoms with Crippen molar-refractivity contribution < 1.29 is 9.13 Å². The number of halogens is 1. The molecule has 0 spiro atoms. The van der Waals surface area contributed by atoms with Crippen LogP contribution in [-0.4, -0.2) is 32.1 Å². The molecule has 2 aromatic rings. The largest absolute Gasteiger partial charge is 0.380 e. The Hall–Kier alpha value is -2.40. The van der Waals surface area contributed by atoms with Gasteiger partial charge in [-0.05, 0) is 28.8 Å². The van der Waals surface area contributed by atoms with Crippen molar-refractivity contribution in [1.29, 1.82) is 0 Å². The first-order valence-corrected chi connectivity index (χ1v) is 7.85. The molecule has 0 bridgehead atoms. The number of nitrogens with one attached hydrogen (secondary N) is 1. The molecule has 0 atom stereocenters. The highest BCUT2D eigenvalue weighted by Gasteiger charge is 2.07. The molecule has 24 heavy (non-hydrogen) atoms. The average Bonchev–Trinajstić information content (AvgIpc) is 2.56. The summed E-state index contributed by atoms with van der Waals surface area (Å²) in [4.78, 5) is 6.26. The molecule has 5 heteroatoms. The van der Waals surface area contributed by atoms with Gasteiger partial charge in [0.2, 0.25) is 0 Å².